The number of rotatable bonds is 4. The standard InChI is InChI=1S/C20H22N4OS/c1-2-25-19-10-6-5-9-18(19)23-11-13-24(14-12-23)20(26)22-17-8-4-3-7-16(17)15-21/h3-10H,2,11-14H2,1H3,(H,22,26). The second-order valence-electron chi connectivity index (χ2n) is 5.96. The molecular formula is C20H22N4OS. The summed E-state index contributed by atoms with van der Waals surface area (Å²) in [6, 6.07) is 17.7. The molecule has 1 saturated heterocycles. The molecule has 5 nitrogen and oxygen atoms in total. The van der Waals surface area contributed by atoms with Gasteiger partial charge < -0.3 is 19.9 Å². The summed E-state index contributed by atoms with van der Waals surface area (Å²) < 4.78 is 5.75. The van der Waals surface area contributed by atoms with E-state index in [0.717, 1.165) is 43.3 Å². The van der Waals surface area contributed by atoms with Crippen LogP contribution in [0.25, 0.3) is 0 Å². The van der Waals surface area contributed by atoms with Gasteiger partial charge in [-0.3, -0.25) is 0 Å². The Balaban J connectivity index is 1.62. The monoisotopic (exact) mass is 366 g/mol. The Labute approximate surface area is 159 Å². The molecule has 2 aromatic carbocycles. The van der Waals surface area contributed by atoms with Crippen molar-refractivity contribution in [2.45, 2.75) is 6.92 Å². The molecule has 0 spiro atoms. The number of anilines is 2. The van der Waals surface area contributed by atoms with Gasteiger partial charge in [0, 0.05) is 26.2 Å². The van der Waals surface area contributed by atoms with Gasteiger partial charge in [-0.1, -0.05) is 24.3 Å². The summed E-state index contributed by atoms with van der Waals surface area (Å²) >= 11 is 5.55. The number of nitriles is 1. The van der Waals surface area contributed by atoms with Gasteiger partial charge in [0.25, 0.3) is 0 Å². The molecule has 0 aromatic heterocycles. The van der Waals surface area contributed by atoms with E-state index in [2.05, 4.69) is 27.3 Å². The highest BCUT2D eigenvalue weighted by Crippen LogP contribution is 2.29. The van der Waals surface area contributed by atoms with Gasteiger partial charge >= 0.3 is 0 Å². The van der Waals surface area contributed by atoms with Crippen molar-refractivity contribution in [2.24, 2.45) is 0 Å². The van der Waals surface area contributed by atoms with Gasteiger partial charge in [0.05, 0.1) is 23.5 Å². The molecule has 1 heterocycles. The predicted molar refractivity (Wildman–Crippen MR) is 109 cm³/mol. The Hall–Kier alpha value is -2.78. The van der Waals surface area contributed by atoms with E-state index in [1.807, 2.05) is 43.3 Å². The van der Waals surface area contributed by atoms with Crippen molar-refractivity contribution in [3.8, 4) is 11.8 Å². The van der Waals surface area contributed by atoms with Crippen molar-refractivity contribution >= 4 is 28.7 Å². The average molecular weight is 366 g/mol. The van der Waals surface area contributed by atoms with Crippen LogP contribution < -0.4 is 15.0 Å². The number of benzene rings is 2. The lowest BCUT2D eigenvalue weighted by Crippen LogP contribution is -2.50. The topological polar surface area (TPSA) is 51.5 Å². The van der Waals surface area contributed by atoms with Crippen LogP contribution in [0.4, 0.5) is 11.4 Å². The predicted octanol–water partition coefficient (Wildman–Crippen LogP) is 3.48. The number of ether oxygens (including phenoxy) is 1. The zero-order chi connectivity index (χ0) is 18.4. The lowest BCUT2D eigenvalue weighted by molar-refractivity contribution is 0.336. The fourth-order valence-electron chi connectivity index (χ4n) is 3.03. The quantitative estimate of drug-likeness (QED) is 0.836. The van der Waals surface area contributed by atoms with Crippen molar-refractivity contribution in [2.75, 3.05) is 43.0 Å². The minimum absolute atomic E-state index is 0.596. The summed E-state index contributed by atoms with van der Waals surface area (Å²) in [5, 5.41) is 13.1. The Kier molecular flexibility index (Phi) is 5.92. The van der Waals surface area contributed by atoms with E-state index in [4.69, 9.17) is 17.0 Å². The lowest BCUT2D eigenvalue weighted by atomic mass is 10.2. The molecule has 1 aliphatic heterocycles. The molecule has 0 radical (unpaired) electrons. The largest absolute Gasteiger partial charge is 0.492 e. The third-order valence-corrected chi connectivity index (χ3v) is 4.72. The number of nitrogens with zero attached hydrogens (tertiary/aromatic N) is 3. The van der Waals surface area contributed by atoms with Crippen LogP contribution in [0.5, 0.6) is 5.75 Å². The van der Waals surface area contributed by atoms with Gasteiger partial charge in [-0.2, -0.15) is 5.26 Å². The Morgan fingerprint density at radius 2 is 1.81 bits per heavy atom. The van der Waals surface area contributed by atoms with Gasteiger partial charge in [-0.15, -0.1) is 0 Å². The first kappa shape index (κ1) is 18.0. The molecule has 1 N–H and O–H groups in total. The van der Waals surface area contributed by atoms with E-state index in [0.29, 0.717) is 17.3 Å². The van der Waals surface area contributed by atoms with Gasteiger partial charge in [0.2, 0.25) is 0 Å². The molecule has 26 heavy (non-hydrogen) atoms. The summed E-state index contributed by atoms with van der Waals surface area (Å²) in [4.78, 5) is 4.47. The van der Waals surface area contributed by atoms with Crippen LogP contribution in [0, 0.1) is 11.3 Å². The lowest BCUT2D eigenvalue weighted by Gasteiger charge is -2.38. The normalized spacial score (nSPS) is 13.8. The fourth-order valence-corrected chi connectivity index (χ4v) is 3.32. The maximum absolute atomic E-state index is 9.21. The van der Waals surface area contributed by atoms with Crippen LogP contribution in [-0.4, -0.2) is 42.8 Å². The maximum atomic E-state index is 9.21. The molecule has 134 valence electrons. The summed E-state index contributed by atoms with van der Waals surface area (Å²) in [6.45, 7) is 6.03. The zero-order valence-electron chi connectivity index (χ0n) is 14.8. The van der Waals surface area contributed by atoms with Crippen molar-refractivity contribution < 1.29 is 4.74 Å². The van der Waals surface area contributed by atoms with Gasteiger partial charge in [0.15, 0.2) is 5.11 Å². The summed E-state index contributed by atoms with van der Waals surface area (Å²) in [5.41, 5.74) is 2.48. The first-order chi connectivity index (χ1) is 12.7. The number of nitrogens with one attached hydrogen (secondary N) is 1. The average Bonchev–Trinajstić information content (AvgIpc) is 2.69. The highest BCUT2D eigenvalue weighted by molar-refractivity contribution is 7.80. The molecular weight excluding hydrogens is 344 g/mol. The van der Waals surface area contributed by atoms with Crippen LogP contribution in [0.3, 0.4) is 0 Å². The molecule has 1 aliphatic rings. The van der Waals surface area contributed by atoms with E-state index in [1.165, 1.54) is 0 Å². The zero-order valence-corrected chi connectivity index (χ0v) is 15.6. The molecule has 0 amide bonds. The molecule has 0 aliphatic carbocycles. The summed E-state index contributed by atoms with van der Waals surface area (Å²) in [6.07, 6.45) is 0. The van der Waals surface area contributed by atoms with Crippen molar-refractivity contribution in [3.63, 3.8) is 0 Å². The van der Waals surface area contributed by atoms with Gasteiger partial charge in [-0.25, -0.2) is 0 Å². The second-order valence-corrected chi connectivity index (χ2v) is 6.35. The first-order valence-corrected chi connectivity index (χ1v) is 9.15. The van der Waals surface area contributed by atoms with E-state index in [-0.39, 0.29) is 0 Å². The van der Waals surface area contributed by atoms with Gasteiger partial charge in [0.1, 0.15) is 11.8 Å². The third kappa shape index (κ3) is 4.06. The maximum Gasteiger partial charge on any atom is 0.173 e. The number of hydrogen-bond acceptors (Lipinski definition) is 4. The molecule has 3 rings (SSSR count). The molecule has 0 atom stereocenters. The van der Waals surface area contributed by atoms with Crippen LogP contribution in [0.15, 0.2) is 48.5 Å². The minimum atomic E-state index is 0.596. The van der Waals surface area contributed by atoms with Crippen LogP contribution in [0.1, 0.15) is 12.5 Å². The van der Waals surface area contributed by atoms with E-state index >= 15 is 0 Å². The van der Waals surface area contributed by atoms with E-state index in [1.54, 1.807) is 6.07 Å². The van der Waals surface area contributed by atoms with Crippen molar-refractivity contribution in [1.82, 2.24) is 4.90 Å². The van der Waals surface area contributed by atoms with E-state index in [9.17, 15) is 5.26 Å². The number of piperazine rings is 1. The van der Waals surface area contributed by atoms with Crippen molar-refractivity contribution in [1.29, 1.82) is 5.26 Å². The molecule has 0 bridgehead atoms. The number of para-hydroxylation sites is 3. The molecule has 6 heteroatoms. The second kappa shape index (κ2) is 8.54. The highest BCUT2D eigenvalue weighted by Gasteiger charge is 2.21. The molecule has 0 unspecified atom stereocenters. The SMILES string of the molecule is CCOc1ccccc1N1CCN(C(=S)Nc2ccccc2C#N)CC1. The Morgan fingerprint density at radius 3 is 2.54 bits per heavy atom. The molecule has 1 fully saturated rings. The summed E-state index contributed by atoms with van der Waals surface area (Å²) in [5.74, 6) is 0.923. The van der Waals surface area contributed by atoms with Crippen molar-refractivity contribution in [3.05, 3.63) is 54.1 Å². The third-order valence-electron chi connectivity index (χ3n) is 4.36. The Morgan fingerprint density at radius 1 is 1.12 bits per heavy atom. The van der Waals surface area contributed by atoms with E-state index < -0.39 is 0 Å². The number of hydrogen-bond donors (Lipinski definition) is 1. The highest BCUT2D eigenvalue weighted by atomic mass is 32.1. The smallest absolute Gasteiger partial charge is 0.173 e. The van der Waals surface area contributed by atoms with Crippen LogP contribution in [-0.2, 0) is 0 Å². The molecule has 0 saturated carbocycles. The van der Waals surface area contributed by atoms with Gasteiger partial charge in [-0.05, 0) is 43.4 Å². The minimum Gasteiger partial charge on any atom is -0.492 e. The molecule has 2 aromatic rings. The fraction of sp³-hybridized carbons (Fsp3) is 0.300. The van der Waals surface area contributed by atoms with Crippen LogP contribution in [0.2, 0.25) is 0 Å². The Bertz CT molecular complexity index is 809. The summed E-state index contributed by atoms with van der Waals surface area (Å²) in [7, 11) is 0. The number of thiocarbonyl (C=S) groups is 1. The first-order valence-electron chi connectivity index (χ1n) is 8.74. The van der Waals surface area contributed by atoms with Crippen LogP contribution >= 0.6 is 12.2 Å².